The summed E-state index contributed by atoms with van der Waals surface area (Å²) in [6, 6.07) is 21.4. The lowest BCUT2D eigenvalue weighted by atomic mass is 10.1. The molecule has 3 rings (SSSR count). The summed E-state index contributed by atoms with van der Waals surface area (Å²) < 4.78 is 16.2. The molecule has 6 heteroatoms. The Balaban J connectivity index is 1.55. The molecule has 6 nitrogen and oxygen atoms in total. The van der Waals surface area contributed by atoms with E-state index in [0.29, 0.717) is 29.4 Å². The Morgan fingerprint density at radius 2 is 1.53 bits per heavy atom. The summed E-state index contributed by atoms with van der Waals surface area (Å²) in [6.45, 7) is 4.26. The number of hydrogen-bond acceptors (Lipinski definition) is 5. The van der Waals surface area contributed by atoms with E-state index in [1.165, 1.54) is 7.11 Å². The van der Waals surface area contributed by atoms with Crippen molar-refractivity contribution in [2.45, 2.75) is 12.8 Å². The second-order valence-corrected chi connectivity index (χ2v) is 6.91. The van der Waals surface area contributed by atoms with Gasteiger partial charge >= 0.3 is 5.97 Å². The van der Waals surface area contributed by atoms with Gasteiger partial charge in [0.15, 0.2) is 0 Å². The molecule has 1 N–H and O–H groups in total. The summed E-state index contributed by atoms with van der Waals surface area (Å²) in [4.78, 5) is 24.3. The molecule has 0 saturated heterocycles. The number of rotatable bonds is 10. The number of ether oxygens (including phenoxy) is 3. The first kappa shape index (κ1) is 22.6. The summed E-state index contributed by atoms with van der Waals surface area (Å²) in [5.41, 5.74) is 1.54. The predicted octanol–water partition coefficient (Wildman–Crippen LogP) is 5.40. The topological polar surface area (TPSA) is 73.9 Å². The van der Waals surface area contributed by atoms with Crippen LogP contribution in [-0.2, 0) is 16.0 Å². The molecule has 0 spiro atoms. The molecule has 32 heavy (non-hydrogen) atoms. The van der Waals surface area contributed by atoms with Gasteiger partial charge in [-0.2, -0.15) is 0 Å². The van der Waals surface area contributed by atoms with E-state index in [1.54, 1.807) is 36.4 Å². The van der Waals surface area contributed by atoms with E-state index in [9.17, 15) is 9.59 Å². The molecule has 0 heterocycles. The van der Waals surface area contributed by atoms with Crippen LogP contribution < -0.4 is 14.8 Å². The van der Waals surface area contributed by atoms with Crippen molar-refractivity contribution in [1.82, 2.24) is 0 Å². The second-order valence-electron chi connectivity index (χ2n) is 6.91. The van der Waals surface area contributed by atoms with Gasteiger partial charge < -0.3 is 19.5 Å². The summed E-state index contributed by atoms with van der Waals surface area (Å²) in [5, 5.41) is 2.76. The number of esters is 1. The van der Waals surface area contributed by atoms with Crippen molar-refractivity contribution in [3.05, 3.63) is 96.6 Å². The molecule has 0 unspecified atom stereocenters. The minimum atomic E-state index is -0.501. The molecule has 1 amide bonds. The van der Waals surface area contributed by atoms with E-state index in [1.807, 2.05) is 42.5 Å². The van der Waals surface area contributed by atoms with Gasteiger partial charge in [0.05, 0.1) is 31.4 Å². The normalized spacial score (nSPS) is 10.2. The third-order valence-electron chi connectivity index (χ3n) is 4.54. The van der Waals surface area contributed by atoms with Crippen molar-refractivity contribution in [2.75, 3.05) is 19.0 Å². The zero-order chi connectivity index (χ0) is 22.8. The Kier molecular flexibility index (Phi) is 8.03. The van der Waals surface area contributed by atoms with Gasteiger partial charge in [-0.05, 0) is 60.5 Å². The highest BCUT2D eigenvalue weighted by Gasteiger charge is 2.13. The van der Waals surface area contributed by atoms with Gasteiger partial charge in [-0.1, -0.05) is 30.3 Å². The van der Waals surface area contributed by atoms with Gasteiger partial charge in [-0.15, -0.1) is 6.58 Å². The number of benzene rings is 3. The first-order chi connectivity index (χ1) is 15.6. The molecule has 3 aromatic rings. The number of carbonyl (C=O) groups is 2. The fourth-order valence-electron chi connectivity index (χ4n) is 2.94. The highest BCUT2D eigenvalue weighted by molar-refractivity contribution is 6.01. The Morgan fingerprint density at radius 1 is 0.906 bits per heavy atom. The lowest BCUT2D eigenvalue weighted by molar-refractivity contribution is -0.115. The lowest BCUT2D eigenvalue weighted by Crippen LogP contribution is -2.17. The number of carbonyl (C=O) groups excluding carboxylic acids is 2. The number of hydrogen-bond donors (Lipinski definition) is 1. The fourth-order valence-corrected chi connectivity index (χ4v) is 2.94. The number of amides is 1. The van der Waals surface area contributed by atoms with Crippen LogP contribution in [0.2, 0.25) is 0 Å². The fraction of sp³-hybridized carbons (Fsp3) is 0.154. The van der Waals surface area contributed by atoms with Gasteiger partial charge in [-0.3, -0.25) is 4.79 Å². The van der Waals surface area contributed by atoms with Gasteiger partial charge in [0.2, 0.25) is 5.91 Å². The van der Waals surface area contributed by atoms with Crippen molar-refractivity contribution in [3.8, 4) is 17.2 Å². The molecule has 0 bridgehead atoms. The van der Waals surface area contributed by atoms with Gasteiger partial charge in [0.1, 0.15) is 17.2 Å². The minimum absolute atomic E-state index is 0.159. The van der Waals surface area contributed by atoms with Crippen molar-refractivity contribution in [2.24, 2.45) is 0 Å². The van der Waals surface area contributed by atoms with Crippen LogP contribution in [0.25, 0.3) is 0 Å². The predicted molar refractivity (Wildman–Crippen MR) is 123 cm³/mol. The van der Waals surface area contributed by atoms with Crippen molar-refractivity contribution in [3.63, 3.8) is 0 Å². The second kappa shape index (κ2) is 11.4. The zero-order valence-corrected chi connectivity index (χ0v) is 17.9. The molecule has 0 aliphatic heterocycles. The molecule has 0 atom stereocenters. The number of para-hydroxylation sites is 1. The average Bonchev–Trinajstić information content (AvgIpc) is 2.81. The van der Waals surface area contributed by atoms with E-state index in [2.05, 4.69) is 11.9 Å². The summed E-state index contributed by atoms with van der Waals surface area (Å²) in [5.74, 6) is 1.38. The quantitative estimate of drug-likeness (QED) is 0.264. The van der Waals surface area contributed by atoms with Gasteiger partial charge in [-0.25, -0.2) is 4.79 Å². The number of nitrogens with one attached hydrogen (secondary N) is 1. The van der Waals surface area contributed by atoms with Gasteiger partial charge in [0, 0.05) is 0 Å². The molecule has 0 saturated carbocycles. The molecular weight excluding hydrogens is 406 g/mol. The SMILES string of the molecule is C=CCCOc1ccc(Oc2ccc(CC(=O)Nc3ccccc3C(=O)OC)cc2)cc1. The monoisotopic (exact) mass is 431 g/mol. The van der Waals surface area contributed by atoms with Crippen LogP contribution in [0.4, 0.5) is 5.69 Å². The minimum Gasteiger partial charge on any atom is -0.493 e. The third kappa shape index (κ3) is 6.47. The van der Waals surface area contributed by atoms with E-state index in [4.69, 9.17) is 14.2 Å². The molecule has 0 aliphatic carbocycles. The third-order valence-corrected chi connectivity index (χ3v) is 4.54. The largest absolute Gasteiger partial charge is 0.493 e. The van der Waals surface area contributed by atoms with Crippen LogP contribution >= 0.6 is 0 Å². The van der Waals surface area contributed by atoms with Crippen LogP contribution in [0.5, 0.6) is 17.2 Å². The summed E-state index contributed by atoms with van der Waals surface area (Å²) in [6.07, 6.45) is 2.76. The maximum atomic E-state index is 12.4. The summed E-state index contributed by atoms with van der Waals surface area (Å²) >= 11 is 0. The molecule has 0 fully saturated rings. The lowest BCUT2D eigenvalue weighted by Gasteiger charge is -2.10. The molecule has 0 aromatic heterocycles. The highest BCUT2D eigenvalue weighted by Crippen LogP contribution is 2.24. The Hall–Kier alpha value is -4.06. The van der Waals surface area contributed by atoms with E-state index in [0.717, 1.165) is 17.7 Å². The number of methoxy groups -OCH3 is 1. The molecular formula is C26H25NO5. The van der Waals surface area contributed by atoms with E-state index in [-0.39, 0.29) is 12.3 Å². The van der Waals surface area contributed by atoms with Crippen LogP contribution in [0.3, 0.4) is 0 Å². The van der Waals surface area contributed by atoms with Crippen LogP contribution in [0.15, 0.2) is 85.5 Å². The smallest absolute Gasteiger partial charge is 0.339 e. The molecule has 0 aliphatic rings. The molecule has 164 valence electrons. The Morgan fingerprint density at radius 3 is 2.19 bits per heavy atom. The highest BCUT2D eigenvalue weighted by atomic mass is 16.5. The maximum Gasteiger partial charge on any atom is 0.339 e. The first-order valence-corrected chi connectivity index (χ1v) is 10.2. The summed E-state index contributed by atoms with van der Waals surface area (Å²) in [7, 11) is 1.30. The first-order valence-electron chi connectivity index (χ1n) is 10.2. The van der Waals surface area contributed by atoms with Crippen LogP contribution in [0.1, 0.15) is 22.3 Å². The number of anilines is 1. The molecule has 3 aromatic carbocycles. The average molecular weight is 431 g/mol. The van der Waals surface area contributed by atoms with Crippen molar-refractivity contribution < 1.29 is 23.8 Å². The maximum absolute atomic E-state index is 12.4. The zero-order valence-electron chi connectivity index (χ0n) is 17.9. The standard InChI is InChI=1S/C26H25NO5/c1-3-4-17-31-20-13-15-22(16-14-20)32-21-11-9-19(10-12-21)18-25(28)27-24-8-6-5-7-23(24)26(29)30-2/h3,5-16H,1,4,17-18H2,2H3,(H,27,28). The molecule has 0 radical (unpaired) electrons. The van der Waals surface area contributed by atoms with Crippen LogP contribution in [0, 0.1) is 0 Å². The van der Waals surface area contributed by atoms with Gasteiger partial charge in [0.25, 0.3) is 0 Å². The van der Waals surface area contributed by atoms with E-state index < -0.39 is 5.97 Å². The Labute approximate surface area is 187 Å². The van der Waals surface area contributed by atoms with Crippen LogP contribution in [-0.4, -0.2) is 25.6 Å². The van der Waals surface area contributed by atoms with Crippen molar-refractivity contribution >= 4 is 17.6 Å². The van der Waals surface area contributed by atoms with Crippen molar-refractivity contribution in [1.29, 1.82) is 0 Å². The Bertz CT molecular complexity index is 1060. The van der Waals surface area contributed by atoms with E-state index >= 15 is 0 Å².